The minimum absolute atomic E-state index is 0.0284. The van der Waals surface area contributed by atoms with E-state index in [0.717, 1.165) is 70.6 Å². The van der Waals surface area contributed by atoms with Crippen LogP contribution in [0, 0.1) is 0 Å². The smallest absolute Gasteiger partial charge is 0.462 e. The van der Waals surface area contributed by atoms with Crippen molar-refractivity contribution in [2.45, 2.75) is 180 Å². The van der Waals surface area contributed by atoms with Gasteiger partial charge >= 0.3 is 19.8 Å². The fourth-order valence-corrected chi connectivity index (χ4v) is 6.25. The summed E-state index contributed by atoms with van der Waals surface area (Å²) in [5, 5.41) is 0. The summed E-state index contributed by atoms with van der Waals surface area (Å²) in [5.41, 5.74) is 0. The molecule has 0 aliphatic heterocycles. The Morgan fingerprint density at radius 2 is 1.02 bits per heavy atom. The van der Waals surface area contributed by atoms with Crippen LogP contribution in [0.25, 0.3) is 0 Å². The second-order valence-electron chi connectivity index (χ2n) is 15.4. The van der Waals surface area contributed by atoms with Gasteiger partial charge in [0.2, 0.25) is 0 Å². The normalized spacial score (nSPS) is 14.0. The Morgan fingerprint density at radius 1 is 0.585 bits per heavy atom. The van der Waals surface area contributed by atoms with Crippen LogP contribution in [-0.2, 0) is 32.7 Å². The SMILES string of the molecule is CCCCC/C=C\C/C=C\CCCCCCCCCC(=O)OC(COC(=O)CCCCCCC/C=C\CCCCC)COP(=O)(O)OCC[N+](C)(C)C. The van der Waals surface area contributed by atoms with E-state index in [9.17, 15) is 19.0 Å². The number of esters is 2. The van der Waals surface area contributed by atoms with Gasteiger partial charge in [0.25, 0.3) is 0 Å². The number of carbonyl (C=O) groups is 2. The van der Waals surface area contributed by atoms with Crippen molar-refractivity contribution in [1.29, 1.82) is 0 Å². The van der Waals surface area contributed by atoms with Gasteiger partial charge in [0.05, 0.1) is 27.7 Å². The molecular formula is C43H81NO8P+. The molecule has 0 saturated carbocycles. The molecule has 2 atom stereocenters. The lowest BCUT2D eigenvalue weighted by atomic mass is 10.1. The van der Waals surface area contributed by atoms with Gasteiger partial charge in [-0.15, -0.1) is 0 Å². The molecule has 0 aromatic carbocycles. The number of ether oxygens (including phenoxy) is 2. The lowest BCUT2D eigenvalue weighted by Gasteiger charge is -2.24. The minimum Gasteiger partial charge on any atom is -0.462 e. The summed E-state index contributed by atoms with van der Waals surface area (Å²) < 4.78 is 34.2. The van der Waals surface area contributed by atoms with Crippen molar-refractivity contribution < 1.29 is 42.1 Å². The Kier molecular flexibility index (Phi) is 34.7. The first-order valence-corrected chi connectivity index (χ1v) is 22.7. The molecule has 0 aromatic heterocycles. The number of nitrogens with zero attached hydrogens (tertiary/aromatic N) is 1. The lowest BCUT2D eigenvalue weighted by molar-refractivity contribution is -0.870. The predicted molar refractivity (Wildman–Crippen MR) is 220 cm³/mol. The molecule has 0 rings (SSSR count). The maximum atomic E-state index is 12.7. The highest BCUT2D eigenvalue weighted by Gasteiger charge is 2.27. The van der Waals surface area contributed by atoms with Crippen molar-refractivity contribution in [1.82, 2.24) is 0 Å². The van der Waals surface area contributed by atoms with Crippen molar-refractivity contribution >= 4 is 19.8 Å². The van der Waals surface area contributed by atoms with Crippen LogP contribution < -0.4 is 0 Å². The van der Waals surface area contributed by atoms with Crippen molar-refractivity contribution in [2.24, 2.45) is 0 Å². The van der Waals surface area contributed by atoms with Crippen LogP contribution in [0.4, 0.5) is 0 Å². The van der Waals surface area contributed by atoms with Crippen LogP contribution in [0.15, 0.2) is 36.5 Å². The van der Waals surface area contributed by atoms with Gasteiger partial charge in [0.15, 0.2) is 6.10 Å². The van der Waals surface area contributed by atoms with E-state index in [4.69, 9.17) is 18.5 Å². The molecule has 0 heterocycles. The molecule has 2 unspecified atom stereocenters. The molecule has 0 radical (unpaired) electrons. The van der Waals surface area contributed by atoms with E-state index in [-0.39, 0.29) is 32.0 Å². The Labute approximate surface area is 325 Å². The van der Waals surface area contributed by atoms with Gasteiger partial charge in [-0.1, -0.05) is 127 Å². The average molecular weight is 771 g/mol. The molecule has 0 saturated heterocycles. The standard InChI is InChI=1S/C43H80NO8P/c1-6-8-10-12-14-16-18-20-21-22-23-24-26-28-30-32-34-36-43(46)52-41(40-51-53(47,48)50-38-37-44(3,4)5)39-49-42(45)35-33-31-29-27-25-19-17-15-13-11-9-7-2/h14-17,20-21,41H,6-13,18-19,22-40H2,1-5H3/p+1/b16-14-,17-15-,21-20-. The van der Waals surface area contributed by atoms with E-state index >= 15 is 0 Å². The summed E-state index contributed by atoms with van der Waals surface area (Å²) in [5.74, 6) is -0.819. The zero-order chi connectivity index (χ0) is 39.3. The molecular weight excluding hydrogens is 689 g/mol. The number of rotatable bonds is 38. The molecule has 0 aliphatic carbocycles. The minimum atomic E-state index is -4.37. The number of quaternary nitrogens is 1. The van der Waals surface area contributed by atoms with Gasteiger partial charge in [-0.05, 0) is 70.6 Å². The van der Waals surface area contributed by atoms with Gasteiger partial charge in [0.1, 0.15) is 19.8 Å². The third-order valence-corrected chi connectivity index (χ3v) is 9.88. The Balaban J connectivity index is 4.40. The number of carbonyl (C=O) groups excluding carboxylic acids is 2. The maximum Gasteiger partial charge on any atom is 0.472 e. The third-order valence-electron chi connectivity index (χ3n) is 8.89. The quantitative estimate of drug-likeness (QED) is 0.0217. The average Bonchev–Trinajstić information content (AvgIpc) is 3.10. The summed E-state index contributed by atoms with van der Waals surface area (Å²) in [6, 6.07) is 0. The number of hydrogen-bond acceptors (Lipinski definition) is 7. The Bertz CT molecular complexity index is 1010. The van der Waals surface area contributed by atoms with Gasteiger partial charge in [-0.2, -0.15) is 0 Å². The molecule has 0 aromatic rings. The molecule has 53 heavy (non-hydrogen) atoms. The molecule has 0 fully saturated rings. The molecule has 0 bridgehead atoms. The summed E-state index contributed by atoms with van der Waals surface area (Å²) in [7, 11) is 1.46. The van der Waals surface area contributed by atoms with Crippen molar-refractivity contribution in [3.05, 3.63) is 36.5 Å². The van der Waals surface area contributed by atoms with Crippen LogP contribution in [0.2, 0.25) is 0 Å². The highest BCUT2D eigenvalue weighted by Crippen LogP contribution is 2.43. The third kappa shape index (κ3) is 39.7. The number of allylic oxidation sites excluding steroid dienone is 6. The largest absolute Gasteiger partial charge is 0.472 e. The fourth-order valence-electron chi connectivity index (χ4n) is 5.51. The number of unbranched alkanes of at least 4 members (excludes halogenated alkanes) is 18. The Hall–Kier alpha value is -1.77. The highest BCUT2D eigenvalue weighted by molar-refractivity contribution is 7.47. The van der Waals surface area contributed by atoms with E-state index in [1.54, 1.807) is 0 Å². The van der Waals surface area contributed by atoms with E-state index in [1.165, 1.54) is 70.6 Å². The van der Waals surface area contributed by atoms with Crippen molar-refractivity contribution in [2.75, 3.05) is 47.5 Å². The monoisotopic (exact) mass is 771 g/mol. The first-order valence-electron chi connectivity index (χ1n) is 21.2. The lowest BCUT2D eigenvalue weighted by Crippen LogP contribution is -2.37. The van der Waals surface area contributed by atoms with Crippen molar-refractivity contribution in [3.8, 4) is 0 Å². The first kappa shape index (κ1) is 51.2. The van der Waals surface area contributed by atoms with Crippen LogP contribution in [-0.4, -0.2) is 74.9 Å². The number of likely N-dealkylation sites (N-methyl/N-ethyl adjacent to an activating group) is 1. The summed E-state index contributed by atoms with van der Waals surface area (Å²) in [4.78, 5) is 35.3. The number of phosphoric ester groups is 1. The first-order chi connectivity index (χ1) is 25.5. The highest BCUT2D eigenvalue weighted by atomic mass is 31.2. The van der Waals surface area contributed by atoms with Crippen LogP contribution in [0.5, 0.6) is 0 Å². The van der Waals surface area contributed by atoms with Gasteiger partial charge in [-0.25, -0.2) is 4.57 Å². The fraction of sp³-hybridized carbons (Fsp3) is 0.814. The second-order valence-corrected chi connectivity index (χ2v) is 16.8. The summed E-state index contributed by atoms with van der Waals surface area (Å²) in [6.45, 7) is 4.35. The van der Waals surface area contributed by atoms with Gasteiger partial charge < -0.3 is 18.9 Å². The topological polar surface area (TPSA) is 108 Å². The second kappa shape index (κ2) is 35.9. The van der Waals surface area contributed by atoms with Crippen LogP contribution >= 0.6 is 7.82 Å². The van der Waals surface area contributed by atoms with E-state index < -0.39 is 26.5 Å². The van der Waals surface area contributed by atoms with Crippen LogP contribution in [0.3, 0.4) is 0 Å². The molecule has 0 amide bonds. The molecule has 310 valence electrons. The molecule has 0 aliphatic rings. The molecule has 10 heteroatoms. The Morgan fingerprint density at radius 3 is 1.51 bits per heavy atom. The van der Waals surface area contributed by atoms with E-state index in [0.29, 0.717) is 17.4 Å². The number of hydrogen-bond donors (Lipinski definition) is 1. The zero-order valence-corrected chi connectivity index (χ0v) is 35.6. The van der Waals surface area contributed by atoms with Crippen molar-refractivity contribution in [3.63, 3.8) is 0 Å². The predicted octanol–water partition coefficient (Wildman–Crippen LogP) is 11.7. The maximum absolute atomic E-state index is 12.7. The number of phosphoric acid groups is 1. The van der Waals surface area contributed by atoms with E-state index in [2.05, 4.69) is 50.3 Å². The van der Waals surface area contributed by atoms with Crippen LogP contribution in [0.1, 0.15) is 174 Å². The van der Waals surface area contributed by atoms with Gasteiger partial charge in [0, 0.05) is 12.8 Å². The molecule has 0 spiro atoms. The molecule has 9 nitrogen and oxygen atoms in total. The summed E-state index contributed by atoms with van der Waals surface area (Å²) in [6.07, 6.45) is 39.0. The zero-order valence-electron chi connectivity index (χ0n) is 34.7. The summed E-state index contributed by atoms with van der Waals surface area (Å²) >= 11 is 0. The molecule has 1 N–H and O–H groups in total. The van der Waals surface area contributed by atoms with E-state index in [1.807, 2.05) is 21.1 Å². The van der Waals surface area contributed by atoms with Gasteiger partial charge in [-0.3, -0.25) is 18.6 Å².